The van der Waals surface area contributed by atoms with Crippen molar-refractivity contribution in [3.05, 3.63) is 74.7 Å². The smallest absolute Gasteiger partial charge is 0.152 e. The Morgan fingerprint density at radius 2 is 0.920 bits per heavy atom. The third-order valence-electron chi connectivity index (χ3n) is 3.53. The zero-order valence-electron chi connectivity index (χ0n) is 12.5. The first-order valence-corrected chi connectivity index (χ1v) is 8.61. The number of benzene rings is 3. The van der Waals surface area contributed by atoms with E-state index in [4.69, 9.17) is 46.4 Å². The molecule has 0 heterocycles. The monoisotopic (exact) mass is 413 g/mol. The molecule has 0 spiro atoms. The predicted octanol–water partition coefficient (Wildman–Crippen LogP) is 7.18. The fraction of sp³-hybridized carbons (Fsp3) is 0. The van der Waals surface area contributed by atoms with Gasteiger partial charge in [-0.25, -0.2) is 0 Å². The van der Waals surface area contributed by atoms with Crippen molar-refractivity contribution in [3.8, 4) is 11.5 Å². The Hall–Kier alpha value is -1.78. The van der Waals surface area contributed by atoms with E-state index < -0.39 is 0 Å². The number of nitrogens with zero attached hydrogens (tertiary/aromatic N) is 1. The van der Waals surface area contributed by atoms with E-state index >= 15 is 0 Å². The number of hydrogen-bond donors (Lipinski definition) is 2. The Morgan fingerprint density at radius 3 is 1.28 bits per heavy atom. The van der Waals surface area contributed by atoms with Crippen molar-refractivity contribution in [2.45, 2.75) is 0 Å². The largest absolute Gasteiger partial charge is 0.505 e. The molecule has 2 N–H and O–H groups in total. The standard InChI is InChI=1S/C18H11Cl4NO2/c19-13-6-11(7-14(20)17(13)24)23(10-4-2-1-3-5-10)12-8-15(21)18(25)16(22)9-12/h1-9,24-25H. The molecule has 0 aliphatic carbocycles. The molecule has 7 heteroatoms. The minimum Gasteiger partial charge on any atom is -0.505 e. The Balaban J connectivity index is 2.25. The number of halogens is 4. The van der Waals surface area contributed by atoms with Crippen LogP contribution in [-0.4, -0.2) is 10.2 Å². The van der Waals surface area contributed by atoms with Crippen molar-refractivity contribution in [1.82, 2.24) is 0 Å². The van der Waals surface area contributed by atoms with Gasteiger partial charge < -0.3 is 15.1 Å². The van der Waals surface area contributed by atoms with Crippen LogP contribution in [0.15, 0.2) is 54.6 Å². The zero-order chi connectivity index (χ0) is 18.1. The molecule has 0 bridgehead atoms. The summed E-state index contributed by atoms with van der Waals surface area (Å²) in [5.41, 5.74) is 1.98. The van der Waals surface area contributed by atoms with Gasteiger partial charge in [-0.2, -0.15) is 0 Å². The third kappa shape index (κ3) is 3.60. The molecule has 0 aliphatic rings. The van der Waals surface area contributed by atoms with Gasteiger partial charge >= 0.3 is 0 Å². The lowest BCUT2D eigenvalue weighted by molar-refractivity contribution is 0.475. The molecule has 0 saturated heterocycles. The second-order valence-corrected chi connectivity index (χ2v) is 6.82. The Morgan fingerprint density at radius 1 is 0.560 bits per heavy atom. The first kappa shape index (κ1) is 18.0. The predicted molar refractivity (Wildman–Crippen MR) is 104 cm³/mol. The van der Waals surface area contributed by atoms with Crippen molar-refractivity contribution in [2.24, 2.45) is 0 Å². The van der Waals surface area contributed by atoms with Crippen molar-refractivity contribution in [3.63, 3.8) is 0 Å². The first-order valence-electron chi connectivity index (χ1n) is 7.09. The van der Waals surface area contributed by atoms with Crippen molar-refractivity contribution in [1.29, 1.82) is 0 Å². The van der Waals surface area contributed by atoms with Crippen LogP contribution in [-0.2, 0) is 0 Å². The lowest BCUT2D eigenvalue weighted by Crippen LogP contribution is -2.10. The summed E-state index contributed by atoms with van der Waals surface area (Å²) in [6.45, 7) is 0. The van der Waals surface area contributed by atoms with E-state index in [1.165, 1.54) is 0 Å². The molecule has 0 fully saturated rings. The summed E-state index contributed by atoms with van der Waals surface area (Å²) in [5.74, 6) is -0.385. The molecule has 3 aromatic rings. The first-order chi connectivity index (χ1) is 11.9. The summed E-state index contributed by atoms with van der Waals surface area (Å²) in [5, 5.41) is 20.1. The van der Waals surface area contributed by atoms with E-state index in [0.29, 0.717) is 11.4 Å². The van der Waals surface area contributed by atoms with Crippen LogP contribution in [0, 0.1) is 0 Å². The maximum atomic E-state index is 9.82. The molecule has 0 aromatic heterocycles. The quantitative estimate of drug-likeness (QED) is 0.476. The highest BCUT2D eigenvalue weighted by Crippen LogP contribution is 2.44. The molecule has 0 atom stereocenters. The highest BCUT2D eigenvalue weighted by molar-refractivity contribution is 6.38. The number of hydrogen-bond acceptors (Lipinski definition) is 3. The molecule has 0 aliphatic heterocycles. The molecule has 0 saturated carbocycles. The van der Waals surface area contributed by atoms with Gasteiger partial charge in [0.2, 0.25) is 0 Å². The maximum absolute atomic E-state index is 9.82. The number of anilines is 3. The summed E-state index contributed by atoms with van der Waals surface area (Å²) in [7, 11) is 0. The van der Waals surface area contributed by atoms with Crippen LogP contribution in [0.5, 0.6) is 11.5 Å². The van der Waals surface area contributed by atoms with E-state index in [-0.39, 0.29) is 31.6 Å². The topological polar surface area (TPSA) is 43.7 Å². The summed E-state index contributed by atoms with van der Waals surface area (Å²) in [6.07, 6.45) is 0. The fourth-order valence-electron chi connectivity index (χ4n) is 2.39. The number of para-hydroxylation sites is 1. The third-order valence-corrected chi connectivity index (χ3v) is 4.69. The van der Waals surface area contributed by atoms with E-state index in [0.717, 1.165) is 5.69 Å². The second kappa shape index (κ2) is 7.22. The molecule has 128 valence electrons. The summed E-state index contributed by atoms with van der Waals surface area (Å²) >= 11 is 24.3. The number of rotatable bonds is 3. The second-order valence-electron chi connectivity index (χ2n) is 5.19. The number of phenolic OH excluding ortho intramolecular Hbond substituents is 2. The van der Waals surface area contributed by atoms with Gasteiger partial charge in [0.1, 0.15) is 0 Å². The zero-order valence-corrected chi connectivity index (χ0v) is 15.6. The summed E-state index contributed by atoms with van der Waals surface area (Å²) < 4.78 is 0. The van der Waals surface area contributed by atoms with Gasteiger partial charge in [0.05, 0.1) is 20.1 Å². The lowest BCUT2D eigenvalue weighted by atomic mass is 10.2. The van der Waals surface area contributed by atoms with Gasteiger partial charge in [-0.15, -0.1) is 0 Å². The van der Waals surface area contributed by atoms with Gasteiger partial charge in [0, 0.05) is 17.1 Å². The van der Waals surface area contributed by atoms with Gasteiger partial charge in [0.25, 0.3) is 0 Å². The number of aromatic hydroxyl groups is 2. The molecule has 0 radical (unpaired) electrons. The summed E-state index contributed by atoms with van der Waals surface area (Å²) in [6, 6.07) is 15.7. The van der Waals surface area contributed by atoms with Crippen molar-refractivity contribution < 1.29 is 10.2 Å². The molecule has 3 rings (SSSR count). The minimum atomic E-state index is -0.193. The Kier molecular flexibility index (Phi) is 5.21. The lowest BCUT2D eigenvalue weighted by Gasteiger charge is -2.26. The van der Waals surface area contributed by atoms with Crippen LogP contribution in [0.25, 0.3) is 0 Å². The van der Waals surface area contributed by atoms with Gasteiger partial charge in [-0.3, -0.25) is 0 Å². The van der Waals surface area contributed by atoms with E-state index in [1.54, 1.807) is 29.2 Å². The molecular formula is C18H11Cl4NO2. The van der Waals surface area contributed by atoms with Gasteiger partial charge in [0.15, 0.2) is 11.5 Å². The molecule has 25 heavy (non-hydrogen) atoms. The Bertz CT molecular complexity index is 828. The van der Waals surface area contributed by atoms with Crippen LogP contribution < -0.4 is 4.90 Å². The van der Waals surface area contributed by atoms with Crippen LogP contribution in [0.3, 0.4) is 0 Å². The van der Waals surface area contributed by atoms with Crippen molar-refractivity contribution >= 4 is 63.5 Å². The van der Waals surface area contributed by atoms with Gasteiger partial charge in [-0.05, 0) is 36.4 Å². The molecular weight excluding hydrogens is 404 g/mol. The van der Waals surface area contributed by atoms with E-state index in [2.05, 4.69) is 0 Å². The fourth-order valence-corrected chi connectivity index (χ4v) is 3.34. The SMILES string of the molecule is Oc1c(Cl)cc(N(c2ccccc2)c2cc(Cl)c(O)c(Cl)c2)cc1Cl. The van der Waals surface area contributed by atoms with Crippen molar-refractivity contribution in [2.75, 3.05) is 4.90 Å². The van der Waals surface area contributed by atoms with E-state index in [1.807, 2.05) is 30.3 Å². The van der Waals surface area contributed by atoms with Crippen LogP contribution in [0.2, 0.25) is 20.1 Å². The number of phenols is 2. The summed E-state index contributed by atoms with van der Waals surface area (Å²) in [4.78, 5) is 1.80. The molecule has 3 aromatic carbocycles. The van der Waals surface area contributed by atoms with Crippen LogP contribution in [0.4, 0.5) is 17.1 Å². The normalized spacial score (nSPS) is 10.7. The Labute approximate surface area is 164 Å². The molecule has 3 nitrogen and oxygen atoms in total. The molecule has 0 amide bonds. The van der Waals surface area contributed by atoms with Crippen LogP contribution >= 0.6 is 46.4 Å². The maximum Gasteiger partial charge on any atom is 0.152 e. The van der Waals surface area contributed by atoms with Gasteiger partial charge in [-0.1, -0.05) is 64.6 Å². The van der Waals surface area contributed by atoms with E-state index in [9.17, 15) is 10.2 Å². The average molecular weight is 415 g/mol. The van der Waals surface area contributed by atoms with Crippen LogP contribution in [0.1, 0.15) is 0 Å². The highest BCUT2D eigenvalue weighted by Gasteiger charge is 2.18. The molecule has 0 unspecified atom stereocenters. The minimum absolute atomic E-state index is 0.111. The highest BCUT2D eigenvalue weighted by atomic mass is 35.5. The average Bonchev–Trinajstić information content (AvgIpc) is 2.58.